The summed E-state index contributed by atoms with van der Waals surface area (Å²) in [6.07, 6.45) is 4.52. The molecule has 0 spiro atoms. The van der Waals surface area contributed by atoms with Crippen molar-refractivity contribution >= 4 is 33.2 Å². The van der Waals surface area contributed by atoms with E-state index in [1.807, 2.05) is 0 Å². The number of anilines is 1. The Hall–Kier alpha value is -2.09. The minimum Gasteiger partial charge on any atom is -0.484 e. The molecule has 0 atom stereocenters. The highest BCUT2D eigenvalue weighted by Crippen LogP contribution is 2.31. The highest BCUT2D eigenvalue weighted by molar-refractivity contribution is 7.89. The van der Waals surface area contributed by atoms with Crippen molar-refractivity contribution < 1.29 is 17.9 Å². The van der Waals surface area contributed by atoms with Gasteiger partial charge in [-0.15, -0.1) is 0 Å². The molecule has 1 N–H and O–H groups in total. The highest BCUT2D eigenvalue weighted by atomic mass is 35.5. The topological polar surface area (TPSA) is 75.7 Å². The van der Waals surface area contributed by atoms with Crippen LogP contribution in [0.1, 0.15) is 31.2 Å². The zero-order valence-electron chi connectivity index (χ0n) is 15.9. The van der Waals surface area contributed by atoms with Crippen molar-refractivity contribution in [2.45, 2.75) is 43.0 Å². The molecule has 1 aliphatic heterocycles. The Morgan fingerprint density at radius 2 is 1.86 bits per heavy atom. The van der Waals surface area contributed by atoms with E-state index in [0.717, 1.165) is 36.9 Å². The van der Waals surface area contributed by atoms with E-state index in [4.69, 9.17) is 16.3 Å². The lowest BCUT2D eigenvalue weighted by Crippen LogP contribution is -2.33. The summed E-state index contributed by atoms with van der Waals surface area (Å²) in [5.74, 6) is 0.403. The molecule has 0 saturated heterocycles. The molecule has 1 amide bonds. The molecule has 0 radical (unpaired) electrons. The van der Waals surface area contributed by atoms with Crippen LogP contribution < -0.4 is 14.4 Å². The number of carbonyl (C=O) groups excluding carboxylic acids is 1. The van der Waals surface area contributed by atoms with E-state index < -0.39 is 10.0 Å². The van der Waals surface area contributed by atoms with Crippen LogP contribution in [-0.4, -0.2) is 33.5 Å². The predicted molar refractivity (Wildman–Crippen MR) is 112 cm³/mol. The van der Waals surface area contributed by atoms with Crippen molar-refractivity contribution in [3.05, 3.63) is 53.1 Å². The second kappa shape index (κ2) is 8.34. The lowest BCUT2D eigenvalue weighted by molar-refractivity contribution is -0.120. The summed E-state index contributed by atoms with van der Waals surface area (Å²) in [4.78, 5) is 14.5. The Balaban J connectivity index is 1.43. The van der Waals surface area contributed by atoms with E-state index in [2.05, 4.69) is 4.72 Å². The van der Waals surface area contributed by atoms with Crippen molar-refractivity contribution in [2.75, 3.05) is 18.1 Å². The number of fused-ring (bicyclic) bond motifs is 1. The molecule has 1 fully saturated rings. The second-order valence-corrected chi connectivity index (χ2v) is 9.58. The fraction of sp³-hybridized carbons (Fsp3) is 0.381. The third-order valence-electron chi connectivity index (χ3n) is 5.41. The summed E-state index contributed by atoms with van der Waals surface area (Å²) in [7, 11) is -3.54. The highest BCUT2D eigenvalue weighted by Gasteiger charge is 2.28. The quantitative estimate of drug-likeness (QED) is 0.754. The van der Waals surface area contributed by atoms with E-state index in [-0.39, 0.29) is 23.5 Å². The summed E-state index contributed by atoms with van der Waals surface area (Å²) in [6, 6.07) is 11.8. The summed E-state index contributed by atoms with van der Waals surface area (Å²) in [5.41, 5.74) is 1.61. The van der Waals surface area contributed by atoms with Gasteiger partial charge in [0.2, 0.25) is 10.0 Å². The lowest BCUT2D eigenvalue weighted by atomic mass is 10.2. The van der Waals surface area contributed by atoms with Crippen LogP contribution in [0.5, 0.6) is 5.75 Å². The average molecular weight is 435 g/mol. The number of hydrogen-bond donors (Lipinski definition) is 1. The number of nitrogens with one attached hydrogen (secondary N) is 1. The Morgan fingerprint density at radius 1 is 1.14 bits per heavy atom. The number of amides is 1. The number of halogens is 1. The Labute approximate surface area is 175 Å². The van der Waals surface area contributed by atoms with Crippen molar-refractivity contribution in [1.82, 2.24) is 4.72 Å². The molecule has 0 aromatic heterocycles. The maximum atomic E-state index is 12.7. The largest absolute Gasteiger partial charge is 0.484 e. The summed E-state index contributed by atoms with van der Waals surface area (Å²) in [5, 5.41) is 0.602. The van der Waals surface area contributed by atoms with Crippen LogP contribution in [0.4, 0.5) is 5.69 Å². The second-order valence-electron chi connectivity index (χ2n) is 7.43. The molecule has 1 heterocycles. The van der Waals surface area contributed by atoms with E-state index in [0.29, 0.717) is 23.7 Å². The molecule has 154 valence electrons. The summed E-state index contributed by atoms with van der Waals surface area (Å²) >= 11 is 5.85. The van der Waals surface area contributed by atoms with Crippen LogP contribution in [0, 0.1) is 0 Å². The molecule has 4 rings (SSSR count). The van der Waals surface area contributed by atoms with E-state index in [1.165, 1.54) is 0 Å². The molecule has 6 nitrogen and oxygen atoms in total. The number of carbonyl (C=O) groups is 1. The first kappa shape index (κ1) is 20.2. The van der Waals surface area contributed by atoms with Gasteiger partial charge in [-0.05, 0) is 67.3 Å². The fourth-order valence-corrected chi connectivity index (χ4v) is 5.37. The fourth-order valence-electron chi connectivity index (χ4n) is 3.89. The Kier molecular flexibility index (Phi) is 5.81. The summed E-state index contributed by atoms with van der Waals surface area (Å²) < 4.78 is 33.7. The molecule has 1 saturated carbocycles. The van der Waals surface area contributed by atoms with Gasteiger partial charge in [-0.25, -0.2) is 13.1 Å². The predicted octanol–water partition coefficient (Wildman–Crippen LogP) is 3.53. The third-order valence-corrected chi connectivity index (χ3v) is 7.18. The number of sulfonamides is 1. The maximum Gasteiger partial charge on any atom is 0.264 e. The zero-order chi connectivity index (χ0) is 20.4. The van der Waals surface area contributed by atoms with Gasteiger partial charge in [0, 0.05) is 23.3 Å². The van der Waals surface area contributed by atoms with E-state index >= 15 is 0 Å². The smallest absolute Gasteiger partial charge is 0.264 e. The SMILES string of the molecule is O=C(COc1ccc(Cl)cc1)N1CCc2cc(S(=O)(=O)NC3CCCC3)ccc21. The Morgan fingerprint density at radius 3 is 2.59 bits per heavy atom. The lowest BCUT2D eigenvalue weighted by Gasteiger charge is -2.18. The average Bonchev–Trinajstić information content (AvgIpc) is 3.36. The first-order valence-corrected chi connectivity index (χ1v) is 11.6. The minimum absolute atomic E-state index is 0.0244. The van der Waals surface area contributed by atoms with Crippen LogP contribution in [-0.2, 0) is 21.2 Å². The van der Waals surface area contributed by atoms with Gasteiger partial charge in [-0.3, -0.25) is 4.79 Å². The first-order valence-electron chi connectivity index (χ1n) is 9.76. The Bertz CT molecular complexity index is 1000. The number of ether oxygens (including phenoxy) is 1. The molecule has 1 aliphatic carbocycles. The van der Waals surface area contributed by atoms with Crippen molar-refractivity contribution in [3.8, 4) is 5.75 Å². The third kappa shape index (κ3) is 4.57. The van der Waals surface area contributed by atoms with Crippen LogP contribution in [0.3, 0.4) is 0 Å². The van der Waals surface area contributed by atoms with E-state index in [9.17, 15) is 13.2 Å². The standard InChI is InChI=1S/C21H23ClN2O4S/c22-16-5-7-18(8-6-16)28-14-21(25)24-12-11-15-13-19(9-10-20(15)24)29(26,27)23-17-3-1-2-4-17/h5-10,13,17,23H,1-4,11-12,14H2. The molecular weight excluding hydrogens is 412 g/mol. The zero-order valence-corrected chi connectivity index (χ0v) is 17.5. The van der Waals surface area contributed by atoms with Crippen LogP contribution in [0.25, 0.3) is 0 Å². The number of benzene rings is 2. The van der Waals surface area contributed by atoms with Gasteiger partial charge in [0.1, 0.15) is 5.75 Å². The molecular formula is C21H23ClN2O4S. The molecule has 2 aromatic rings. The molecule has 0 unspecified atom stereocenters. The molecule has 0 bridgehead atoms. The molecule has 29 heavy (non-hydrogen) atoms. The van der Waals surface area contributed by atoms with Crippen LogP contribution >= 0.6 is 11.6 Å². The van der Waals surface area contributed by atoms with Gasteiger partial charge in [-0.1, -0.05) is 24.4 Å². The van der Waals surface area contributed by atoms with Gasteiger partial charge in [-0.2, -0.15) is 0 Å². The number of rotatable bonds is 6. The molecule has 2 aromatic carbocycles. The van der Waals surface area contributed by atoms with Gasteiger partial charge in [0.05, 0.1) is 4.90 Å². The molecule has 8 heteroatoms. The van der Waals surface area contributed by atoms with Gasteiger partial charge in [0.15, 0.2) is 6.61 Å². The van der Waals surface area contributed by atoms with Crippen molar-refractivity contribution in [1.29, 1.82) is 0 Å². The van der Waals surface area contributed by atoms with Crippen LogP contribution in [0.2, 0.25) is 5.02 Å². The summed E-state index contributed by atoms with van der Waals surface area (Å²) in [6.45, 7) is 0.419. The minimum atomic E-state index is -3.54. The van der Waals surface area contributed by atoms with E-state index in [1.54, 1.807) is 47.4 Å². The van der Waals surface area contributed by atoms with Crippen molar-refractivity contribution in [3.63, 3.8) is 0 Å². The van der Waals surface area contributed by atoms with Gasteiger partial charge in [0.25, 0.3) is 5.91 Å². The molecule has 2 aliphatic rings. The number of hydrogen-bond acceptors (Lipinski definition) is 4. The first-order chi connectivity index (χ1) is 13.9. The van der Waals surface area contributed by atoms with Crippen LogP contribution in [0.15, 0.2) is 47.4 Å². The van der Waals surface area contributed by atoms with Gasteiger partial charge >= 0.3 is 0 Å². The number of nitrogens with zero attached hydrogens (tertiary/aromatic N) is 1. The van der Waals surface area contributed by atoms with Crippen molar-refractivity contribution in [2.24, 2.45) is 0 Å². The van der Waals surface area contributed by atoms with Gasteiger partial charge < -0.3 is 9.64 Å². The maximum absolute atomic E-state index is 12.7. The normalized spacial score (nSPS) is 16.8. The monoisotopic (exact) mass is 434 g/mol.